The third-order valence-corrected chi connectivity index (χ3v) is 5.14. The highest BCUT2D eigenvalue weighted by molar-refractivity contribution is 7.99. The van der Waals surface area contributed by atoms with E-state index < -0.39 is 0 Å². The molecular formula is C19H24N4O3S2. The average Bonchev–Trinajstić information content (AvgIpc) is 3.02. The zero-order valence-electron chi connectivity index (χ0n) is 16.1. The predicted molar refractivity (Wildman–Crippen MR) is 116 cm³/mol. The maximum atomic E-state index is 12.0. The number of hydrogen-bond acceptors (Lipinski definition) is 6. The van der Waals surface area contributed by atoms with Crippen molar-refractivity contribution in [2.24, 2.45) is 5.92 Å². The molecule has 7 nitrogen and oxygen atoms in total. The van der Waals surface area contributed by atoms with Crippen molar-refractivity contribution in [2.75, 3.05) is 21.7 Å². The Morgan fingerprint density at radius 1 is 1.04 bits per heavy atom. The zero-order valence-corrected chi connectivity index (χ0v) is 17.7. The normalized spacial score (nSPS) is 10.6. The lowest BCUT2D eigenvalue weighted by molar-refractivity contribution is -0.117. The number of thioether (sulfide) groups is 1. The van der Waals surface area contributed by atoms with Crippen molar-refractivity contribution in [2.45, 2.75) is 32.9 Å². The largest absolute Gasteiger partial charge is 0.326 e. The Balaban J connectivity index is 1.72. The van der Waals surface area contributed by atoms with Crippen molar-refractivity contribution in [3.63, 3.8) is 0 Å². The third-order valence-electron chi connectivity index (χ3n) is 3.36. The maximum Gasteiger partial charge on any atom is 0.234 e. The summed E-state index contributed by atoms with van der Waals surface area (Å²) in [5.74, 6) is 0.893. The second kappa shape index (κ2) is 10.8. The van der Waals surface area contributed by atoms with E-state index in [4.69, 9.17) is 0 Å². The second-order valence-electron chi connectivity index (χ2n) is 6.59. The van der Waals surface area contributed by atoms with Gasteiger partial charge >= 0.3 is 0 Å². The fourth-order valence-corrected chi connectivity index (χ4v) is 3.81. The molecule has 2 aromatic rings. The summed E-state index contributed by atoms with van der Waals surface area (Å²) in [5.41, 5.74) is 2.19. The molecule has 28 heavy (non-hydrogen) atoms. The first kappa shape index (κ1) is 21.9. The van der Waals surface area contributed by atoms with E-state index in [2.05, 4.69) is 20.9 Å². The smallest absolute Gasteiger partial charge is 0.234 e. The van der Waals surface area contributed by atoms with Gasteiger partial charge in [0.1, 0.15) is 0 Å². The van der Waals surface area contributed by atoms with Gasteiger partial charge in [0.15, 0.2) is 5.13 Å². The summed E-state index contributed by atoms with van der Waals surface area (Å²) in [6.45, 7) is 5.43. The van der Waals surface area contributed by atoms with E-state index in [1.54, 1.807) is 24.3 Å². The number of anilines is 3. The minimum Gasteiger partial charge on any atom is -0.326 e. The number of rotatable bonds is 9. The summed E-state index contributed by atoms with van der Waals surface area (Å²) in [6, 6.07) is 6.93. The number of benzene rings is 1. The van der Waals surface area contributed by atoms with E-state index >= 15 is 0 Å². The van der Waals surface area contributed by atoms with E-state index in [1.165, 1.54) is 30.0 Å². The minimum absolute atomic E-state index is 0.0348. The quantitative estimate of drug-likeness (QED) is 0.570. The first-order chi connectivity index (χ1) is 13.3. The van der Waals surface area contributed by atoms with Gasteiger partial charge < -0.3 is 16.0 Å². The van der Waals surface area contributed by atoms with Crippen molar-refractivity contribution in [1.29, 1.82) is 0 Å². The van der Waals surface area contributed by atoms with Crippen LogP contribution in [0.2, 0.25) is 0 Å². The number of amides is 3. The van der Waals surface area contributed by atoms with Gasteiger partial charge in [-0.3, -0.25) is 14.4 Å². The molecule has 3 N–H and O–H groups in total. The molecule has 0 aliphatic heterocycles. The molecule has 0 saturated carbocycles. The fraction of sp³-hybridized carbons (Fsp3) is 0.368. The Labute approximate surface area is 172 Å². The van der Waals surface area contributed by atoms with Gasteiger partial charge in [0.05, 0.1) is 11.4 Å². The molecule has 0 spiro atoms. The molecule has 3 amide bonds. The number of aromatic nitrogens is 1. The van der Waals surface area contributed by atoms with E-state index in [0.29, 0.717) is 40.4 Å². The highest BCUT2D eigenvalue weighted by Gasteiger charge is 2.09. The minimum atomic E-state index is -0.141. The molecule has 1 heterocycles. The summed E-state index contributed by atoms with van der Waals surface area (Å²) < 4.78 is 0. The highest BCUT2D eigenvalue weighted by Crippen LogP contribution is 2.20. The molecule has 0 saturated heterocycles. The molecule has 0 aliphatic rings. The van der Waals surface area contributed by atoms with Crippen LogP contribution in [0, 0.1) is 5.92 Å². The molecule has 2 rings (SSSR count). The molecule has 1 aromatic heterocycles. The lowest BCUT2D eigenvalue weighted by atomic mass is 10.1. The van der Waals surface area contributed by atoms with Crippen LogP contribution in [0.5, 0.6) is 0 Å². The Hall–Kier alpha value is -2.39. The van der Waals surface area contributed by atoms with Crippen molar-refractivity contribution < 1.29 is 14.4 Å². The van der Waals surface area contributed by atoms with Gasteiger partial charge in [-0.2, -0.15) is 0 Å². The Kier molecular flexibility index (Phi) is 8.46. The van der Waals surface area contributed by atoms with Crippen LogP contribution in [0.1, 0.15) is 32.9 Å². The van der Waals surface area contributed by atoms with Crippen LogP contribution in [-0.4, -0.2) is 28.5 Å². The van der Waals surface area contributed by atoms with Crippen LogP contribution in [0.25, 0.3) is 0 Å². The van der Waals surface area contributed by atoms with Crippen LogP contribution in [0.15, 0.2) is 29.6 Å². The van der Waals surface area contributed by atoms with E-state index in [9.17, 15) is 14.4 Å². The first-order valence-electron chi connectivity index (χ1n) is 8.81. The Morgan fingerprint density at radius 2 is 1.68 bits per heavy atom. The lowest BCUT2D eigenvalue weighted by Crippen LogP contribution is -2.14. The first-order valence-corrected chi connectivity index (χ1v) is 10.8. The SMILES string of the molecule is CC(=O)Nc1ccc(NC(=O)CSCc2csc(NC(=O)CC(C)C)n2)cc1. The Bertz CT molecular complexity index is 819. The van der Waals surface area contributed by atoms with Gasteiger partial charge in [-0.15, -0.1) is 23.1 Å². The molecular weight excluding hydrogens is 396 g/mol. The van der Waals surface area contributed by atoms with E-state index in [-0.39, 0.29) is 17.7 Å². The lowest BCUT2D eigenvalue weighted by Gasteiger charge is -2.06. The summed E-state index contributed by atoms with van der Waals surface area (Å²) in [4.78, 5) is 39.2. The van der Waals surface area contributed by atoms with Gasteiger partial charge in [-0.1, -0.05) is 13.8 Å². The van der Waals surface area contributed by atoms with E-state index in [0.717, 1.165) is 5.69 Å². The fourth-order valence-electron chi connectivity index (χ4n) is 2.26. The van der Waals surface area contributed by atoms with Gasteiger partial charge in [-0.05, 0) is 30.2 Å². The van der Waals surface area contributed by atoms with Gasteiger partial charge in [0.2, 0.25) is 17.7 Å². The number of carbonyl (C=O) groups excluding carboxylic acids is 3. The number of nitrogens with zero attached hydrogens (tertiary/aromatic N) is 1. The maximum absolute atomic E-state index is 12.0. The number of hydrogen-bond donors (Lipinski definition) is 3. The summed E-state index contributed by atoms with van der Waals surface area (Å²) in [5, 5.41) is 10.8. The number of thiazole rings is 1. The van der Waals surface area contributed by atoms with Gasteiger partial charge in [-0.25, -0.2) is 4.98 Å². The molecule has 0 radical (unpaired) electrons. The molecule has 9 heteroatoms. The summed E-state index contributed by atoms with van der Waals surface area (Å²) >= 11 is 2.84. The molecule has 0 unspecified atom stereocenters. The van der Waals surface area contributed by atoms with Crippen molar-refractivity contribution in [3.05, 3.63) is 35.3 Å². The Morgan fingerprint density at radius 3 is 2.29 bits per heavy atom. The monoisotopic (exact) mass is 420 g/mol. The number of carbonyl (C=O) groups is 3. The van der Waals surface area contributed by atoms with Crippen LogP contribution in [0.3, 0.4) is 0 Å². The van der Waals surface area contributed by atoms with Gasteiger partial charge in [0, 0.05) is 35.9 Å². The molecule has 0 fully saturated rings. The van der Waals surface area contributed by atoms with Crippen molar-refractivity contribution >= 4 is 57.3 Å². The zero-order chi connectivity index (χ0) is 20.5. The standard InChI is InChI=1S/C19H24N4O3S2/c1-12(2)8-17(25)23-19-22-16(10-28-19)9-27-11-18(26)21-15-6-4-14(5-7-15)20-13(3)24/h4-7,10,12H,8-9,11H2,1-3H3,(H,20,24)(H,21,26)(H,22,23,25). The highest BCUT2D eigenvalue weighted by atomic mass is 32.2. The van der Waals surface area contributed by atoms with Crippen LogP contribution in [0.4, 0.5) is 16.5 Å². The molecule has 150 valence electrons. The van der Waals surface area contributed by atoms with E-state index in [1.807, 2.05) is 19.2 Å². The topological polar surface area (TPSA) is 100 Å². The number of nitrogens with one attached hydrogen (secondary N) is 3. The predicted octanol–water partition coefficient (Wildman–Crippen LogP) is 3.96. The summed E-state index contributed by atoms with van der Waals surface area (Å²) in [7, 11) is 0. The third kappa shape index (κ3) is 8.10. The molecule has 0 bridgehead atoms. The average molecular weight is 421 g/mol. The molecule has 0 atom stereocenters. The van der Waals surface area contributed by atoms with Crippen molar-refractivity contribution in [3.8, 4) is 0 Å². The molecule has 0 aliphatic carbocycles. The van der Waals surface area contributed by atoms with Crippen LogP contribution >= 0.6 is 23.1 Å². The van der Waals surface area contributed by atoms with Crippen molar-refractivity contribution in [1.82, 2.24) is 4.98 Å². The van der Waals surface area contributed by atoms with Gasteiger partial charge in [0.25, 0.3) is 0 Å². The summed E-state index contributed by atoms with van der Waals surface area (Å²) in [6.07, 6.45) is 0.468. The van der Waals surface area contributed by atoms with Crippen LogP contribution < -0.4 is 16.0 Å². The van der Waals surface area contributed by atoms with Crippen LogP contribution in [-0.2, 0) is 20.1 Å². The second-order valence-corrected chi connectivity index (χ2v) is 8.43. The molecule has 1 aromatic carbocycles.